The minimum Gasteiger partial charge on any atom is -0.294 e. The Bertz CT molecular complexity index is 289. The highest BCUT2D eigenvalue weighted by Gasteiger charge is 2.29. The third kappa shape index (κ3) is 2.37. The highest BCUT2D eigenvalue weighted by molar-refractivity contribution is 7.11. The van der Waals surface area contributed by atoms with Crippen molar-refractivity contribution in [2.24, 2.45) is 0 Å². The molecule has 0 saturated heterocycles. The number of carbonyl (C=O) groups is 1. The summed E-state index contributed by atoms with van der Waals surface area (Å²) in [4.78, 5) is 16.1. The van der Waals surface area contributed by atoms with Crippen LogP contribution in [0.5, 0.6) is 0 Å². The molecule has 1 saturated carbocycles. The van der Waals surface area contributed by atoms with Crippen LogP contribution in [0.2, 0.25) is 0 Å². The third-order valence-electron chi connectivity index (χ3n) is 1.88. The van der Waals surface area contributed by atoms with Gasteiger partial charge in [0.1, 0.15) is 0 Å². The Morgan fingerprint density at radius 1 is 1.54 bits per heavy atom. The summed E-state index contributed by atoms with van der Waals surface area (Å²) in [5.74, 6) is 0.759. The van der Waals surface area contributed by atoms with Crippen LogP contribution in [0.1, 0.15) is 54.9 Å². The fraction of sp³-hybridized carbons (Fsp3) is 0.600. The minimum absolute atomic E-state index is 0.161. The molecule has 13 heavy (non-hydrogen) atoms. The van der Waals surface area contributed by atoms with Gasteiger partial charge in [-0.25, -0.2) is 4.98 Å². The van der Waals surface area contributed by atoms with Crippen molar-refractivity contribution < 1.29 is 4.79 Å². The number of aromatic nitrogens is 1. The van der Waals surface area contributed by atoms with Crippen LogP contribution >= 0.6 is 11.3 Å². The Kier molecular flexibility index (Phi) is 3.60. The average Bonchev–Trinajstić information content (AvgIpc) is 2.86. The first-order valence-electron chi connectivity index (χ1n) is 4.73. The number of thiazole rings is 1. The van der Waals surface area contributed by atoms with Crippen molar-refractivity contribution in [3.8, 4) is 0 Å². The van der Waals surface area contributed by atoms with Gasteiger partial charge in [-0.3, -0.25) is 4.79 Å². The van der Waals surface area contributed by atoms with Crippen LogP contribution < -0.4 is 0 Å². The van der Waals surface area contributed by atoms with Crippen molar-refractivity contribution in [2.75, 3.05) is 0 Å². The van der Waals surface area contributed by atoms with Gasteiger partial charge in [-0.1, -0.05) is 13.8 Å². The van der Waals surface area contributed by atoms with Crippen LogP contribution in [0.3, 0.4) is 0 Å². The Hall–Kier alpha value is -0.700. The lowest BCUT2D eigenvalue weighted by molar-refractivity contribution is 0.102. The van der Waals surface area contributed by atoms with Gasteiger partial charge in [-0.05, 0) is 12.8 Å². The van der Waals surface area contributed by atoms with Gasteiger partial charge < -0.3 is 0 Å². The van der Waals surface area contributed by atoms with E-state index in [1.165, 1.54) is 24.2 Å². The maximum atomic E-state index is 11.0. The molecular weight excluding hydrogens is 182 g/mol. The van der Waals surface area contributed by atoms with Gasteiger partial charge in [0.25, 0.3) is 0 Å². The second kappa shape index (κ2) is 4.51. The van der Waals surface area contributed by atoms with E-state index in [0.717, 1.165) is 10.6 Å². The Labute approximate surface area is 83.0 Å². The molecule has 0 aromatic carbocycles. The van der Waals surface area contributed by atoms with Crippen molar-refractivity contribution >= 4 is 17.1 Å². The number of Topliss-reactive ketones (excluding diaryl/α,β-unsaturated/α-hetero) is 1. The molecule has 3 heteroatoms. The molecule has 1 aliphatic rings. The van der Waals surface area contributed by atoms with Gasteiger partial charge in [-0.15, -0.1) is 11.3 Å². The first kappa shape index (κ1) is 10.4. The molecule has 0 spiro atoms. The average molecular weight is 197 g/mol. The van der Waals surface area contributed by atoms with Gasteiger partial charge in [-0.2, -0.15) is 0 Å². The fourth-order valence-electron chi connectivity index (χ4n) is 1.17. The summed E-state index contributed by atoms with van der Waals surface area (Å²) in [6.45, 7) is 5.61. The van der Waals surface area contributed by atoms with Crippen LogP contribution in [0, 0.1) is 0 Å². The third-order valence-corrected chi connectivity index (χ3v) is 2.82. The summed E-state index contributed by atoms with van der Waals surface area (Å²) < 4.78 is 0. The largest absolute Gasteiger partial charge is 0.294 e. The molecule has 0 amide bonds. The predicted octanol–water partition coefficient (Wildman–Crippen LogP) is 3.25. The summed E-state index contributed by atoms with van der Waals surface area (Å²) in [7, 11) is 0. The van der Waals surface area contributed by atoms with Gasteiger partial charge in [0.05, 0.1) is 16.1 Å². The normalized spacial score (nSPS) is 14.7. The van der Waals surface area contributed by atoms with Crippen LogP contribution in [0.25, 0.3) is 0 Å². The number of nitrogens with zero attached hydrogens (tertiary/aromatic N) is 1. The highest BCUT2D eigenvalue weighted by Crippen LogP contribution is 2.41. The zero-order valence-electron chi connectivity index (χ0n) is 8.33. The second-order valence-electron chi connectivity index (χ2n) is 2.90. The molecule has 0 unspecified atom stereocenters. The molecule has 1 aromatic rings. The Morgan fingerprint density at radius 3 is 2.62 bits per heavy atom. The van der Waals surface area contributed by atoms with E-state index >= 15 is 0 Å². The number of rotatable bonds is 2. The molecule has 0 atom stereocenters. The van der Waals surface area contributed by atoms with Crippen molar-refractivity contribution in [2.45, 2.75) is 39.5 Å². The maximum absolute atomic E-state index is 11.0. The van der Waals surface area contributed by atoms with Crippen LogP contribution in [-0.2, 0) is 0 Å². The van der Waals surface area contributed by atoms with E-state index in [-0.39, 0.29) is 5.78 Å². The molecule has 1 heterocycles. The molecule has 0 N–H and O–H groups in total. The maximum Gasteiger partial charge on any atom is 0.171 e. The predicted molar refractivity (Wildman–Crippen MR) is 55.4 cm³/mol. The fourth-order valence-corrected chi connectivity index (χ4v) is 1.94. The minimum atomic E-state index is 0.161. The highest BCUT2D eigenvalue weighted by atomic mass is 32.1. The Morgan fingerprint density at radius 2 is 2.15 bits per heavy atom. The smallest absolute Gasteiger partial charge is 0.171 e. The van der Waals surface area contributed by atoms with E-state index in [9.17, 15) is 4.79 Å². The number of ketones is 1. The zero-order chi connectivity index (χ0) is 9.84. The van der Waals surface area contributed by atoms with Gasteiger partial charge in [0.15, 0.2) is 5.78 Å². The molecule has 0 bridgehead atoms. The van der Waals surface area contributed by atoms with E-state index in [1.807, 2.05) is 13.8 Å². The van der Waals surface area contributed by atoms with Crippen LogP contribution in [-0.4, -0.2) is 10.8 Å². The first-order valence-corrected chi connectivity index (χ1v) is 5.61. The first-order chi connectivity index (χ1) is 6.29. The van der Waals surface area contributed by atoms with Gasteiger partial charge in [0.2, 0.25) is 0 Å². The number of hydrogen-bond acceptors (Lipinski definition) is 3. The van der Waals surface area contributed by atoms with Crippen molar-refractivity contribution in [1.82, 2.24) is 4.98 Å². The van der Waals surface area contributed by atoms with E-state index in [0.29, 0.717) is 5.92 Å². The standard InChI is InChI=1S/C8H9NOS.C2H6/c1-5(10)8-7(6-2-3-6)9-4-11-8;1-2/h4,6H,2-3H2,1H3;1-2H3. The molecule has 1 aromatic heterocycles. The van der Waals surface area contributed by atoms with Crippen molar-refractivity contribution in [3.63, 3.8) is 0 Å². The molecule has 0 aliphatic heterocycles. The molecule has 1 aliphatic carbocycles. The monoisotopic (exact) mass is 197 g/mol. The summed E-state index contributed by atoms with van der Waals surface area (Å²) >= 11 is 1.47. The molecule has 72 valence electrons. The van der Waals surface area contributed by atoms with Crippen molar-refractivity contribution in [1.29, 1.82) is 0 Å². The molecule has 2 nitrogen and oxygen atoms in total. The lowest BCUT2D eigenvalue weighted by Gasteiger charge is -1.92. The topological polar surface area (TPSA) is 30.0 Å². The van der Waals surface area contributed by atoms with Crippen LogP contribution in [0.15, 0.2) is 5.51 Å². The number of carbonyl (C=O) groups excluding carboxylic acids is 1. The Balaban J connectivity index is 0.000000396. The van der Waals surface area contributed by atoms with E-state index in [1.54, 1.807) is 12.4 Å². The lowest BCUT2D eigenvalue weighted by Crippen LogP contribution is -1.93. The molecular formula is C10H15NOS. The molecule has 0 radical (unpaired) electrons. The van der Waals surface area contributed by atoms with E-state index in [4.69, 9.17) is 0 Å². The quantitative estimate of drug-likeness (QED) is 0.681. The zero-order valence-corrected chi connectivity index (χ0v) is 9.15. The summed E-state index contributed by atoms with van der Waals surface area (Å²) in [6.07, 6.45) is 2.42. The second-order valence-corrected chi connectivity index (χ2v) is 3.75. The van der Waals surface area contributed by atoms with Gasteiger partial charge in [0, 0.05) is 12.8 Å². The van der Waals surface area contributed by atoms with Crippen LogP contribution in [0.4, 0.5) is 0 Å². The summed E-state index contributed by atoms with van der Waals surface area (Å²) in [6, 6.07) is 0. The lowest BCUT2D eigenvalue weighted by atomic mass is 10.2. The molecule has 1 fully saturated rings. The van der Waals surface area contributed by atoms with E-state index in [2.05, 4.69) is 4.98 Å². The summed E-state index contributed by atoms with van der Waals surface area (Å²) in [5.41, 5.74) is 2.81. The number of hydrogen-bond donors (Lipinski definition) is 0. The summed E-state index contributed by atoms with van der Waals surface area (Å²) in [5, 5.41) is 0. The van der Waals surface area contributed by atoms with Gasteiger partial charge >= 0.3 is 0 Å². The SMILES string of the molecule is CC.CC(=O)c1scnc1C1CC1. The molecule has 2 rings (SSSR count). The van der Waals surface area contributed by atoms with Crippen molar-refractivity contribution in [3.05, 3.63) is 16.1 Å². The van der Waals surface area contributed by atoms with E-state index < -0.39 is 0 Å².